The van der Waals surface area contributed by atoms with Crippen molar-refractivity contribution in [3.63, 3.8) is 0 Å². The number of carbonyl (C=O) groups is 1. The van der Waals surface area contributed by atoms with Gasteiger partial charge in [-0.2, -0.15) is 0 Å². The van der Waals surface area contributed by atoms with Gasteiger partial charge in [0.25, 0.3) is 0 Å². The Kier molecular flexibility index (Phi) is 2.99. The quantitative estimate of drug-likeness (QED) is 0.827. The topological polar surface area (TPSA) is 29.1 Å². The Morgan fingerprint density at radius 3 is 2.69 bits per heavy atom. The van der Waals surface area contributed by atoms with Gasteiger partial charge in [-0.15, -0.1) is 0 Å². The highest BCUT2D eigenvalue weighted by Crippen LogP contribution is 2.37. The van der Waals surface area contributed by atoms with E-state index in [0.717, 1.165) is 11.3 Å². The molecule has 0 bridgehead atoms. The SMILES string of the molecule is Cc1ccc(C)c(NC(=O)C(C)C2CC2)c1. The van der Waals surface area contributed by atoms with Gasteiger partial charge >= 0.3 is 0 Å². The molecule has 86 valence electrons. The molecule has 1 atom stereocenters. The molecule has 1 fully saturated rings. The molecule has 1 aliphatic rings. The summed E-state index contributed by atoms with van der Waals surface area (Å²) < 4.78 is 0. The lowest BCUT2D eigenvalue weighted by atomic mass is 10.0. The van der Waals surface area contributed by atoms with Gasteiger partial charge in [-0.1, -0.05) is 19.1 Å². The molecule has 16 heavy (non-hydrogen) atoms. The third-order valence-electron chi connectivity index (χ3n) is 3.39. The van der Waals surface area contributed by atoms with Crippen LogP contribution in [0.2, 0.25) is 0 Å². The highest BCUT2D eigenvalue weighted by Gasteiger charge is 2.32. The first-order valence-electron chi connectivity index (χ1n) is 5.96. The third kappa shape index (κ3) is 2.43. The molecular weight excluding hydrogens is 198 g/mol. The Hall–Kier alpha value is -1.31. The van der Waals surface area contributed by atoms with Gasteiger partial charge in [-0.05, 0) is 49.8 Å². The smallest absolute Gasteiger partial charge is 0.227 e. The Morgan fingerprint density at radius 2 is 2.06 bits per heavy atom. The summed E-state index contributed by atoms with van der Waals surface area (Å²) in [5.74, 6) is 0.932. The van der Waals surface area contributed by atoms with Crippen molar-refractivity contribution in [3.8, 4) is 0 Å². The largest absolute Gasteiger partial charge is 0.326 e. The molecule has 2 heteroatoms. The van der Waals surface area contributed by atoms with E-state index in [1.807, 2.05) is 32.9 Å². The summed E-state index contributed by atoms with van der Waals surface area (Å²) in [5, 5.41) is 3.03. The van der Waals surface area contributed by atoms with Crippen LogP contribution in [0.1, 0.15) is 30.9 Å². The summed E-state index contributed by atoms with van der Waals surface area (Å²) in [6.45, 7) is 6.09. The van der Waals surface area contributed by atoms with Crippen molar-refractivity contribution in [1.82, 2.24) is 0 Å². The standard InChI is InChI=1S/C14H19NO/c1-9-4-5-10(2)13(8-9)15-14(16)11(3)12-6-7-12/h4-5,8,11-12H,6-7H2,1-3H3,(H,15,16). The van der Waals surface area contributed by atoms with E-state index in [2.05, 4.69) is 11.4 Å². The molecule has 1 unspecified atom stereocenters. The van der Waals surface area contributed by atoms with E-state index in [1.165, 1.54) is 18.4 Å². The highest BCUT2D eigenvalue weighted by atomic mass is 16.1. The van der Waals surface area contributed by atoms with E-state index in [1.54, 1.807) is 0 Å². The minimum absolute atomic E-state index is 0.153. The molecule has 1 aromatic carbocycles. The lowest BCUT2D eigenvalue weighted by Gasteiger charge is -2.13. The average Bonchev–Trinajstić information content (AvgIpc) is 3.06. The molecule has 0 radical (unpaired) electrons. The van der Waals surface area contributed by atoms with Crippen LogP contribution in [0.25, 0.3) is 0 Å². The van der Waals surface area contributed by atoms with Gasteiger partial charge in [0.2, 0.25) is 5.91 Å². The summed E-state index contributed by atoms with van der Waals surface area (Å²) in [6, 6.07) is 6.15. The van der Waals surface area contributed by atoms with Gasteiger partial charge < -0.3 is 5.32 Å². The van der Waals surface area contributed by atoms with Crippen molar-refractivity contribution in [1.29, 1.82) is 0 Å². The molecule has 2 rings (SSSR count). The normalized spacial score (nSPS) is 16.9. The van der Waals surface area contributed by atoms with Crippen LogP contribution in [-0.4, -0.2) is 5.91 Å². The maximum atomic E-state index is 11.9. The van der Waals surface area contributed by atoms with Crippen molar-refractivity contribution >= 4 is 11.6 Å². The van der Waals surface area contributed by atoms with Crippen LogP contribution >= 0.6 is 0 Å². The average molecular weight is 217 g/mol. The van der Waals surface area contributed by atoms with E-state index in [-0.39, 0.29) is 11.8 Å². The van der Waals surface area contributed by atoms with Gasteiger partial charge in [0.15, 0.2) is 0 Å². The number of benzene rings is 1. The number of anilines is 1. The predicted octanol–water partition coefficient (Wildman–Crippen LogP) is 3.29. The Labute approximate surface area is 97.1 Å². The Balaban J connectivity index is 2.07. The highest BCUT2D eigenvalue weighted by molar-refractivity contribution is 5.93. The fraction of sp³-hybridized carbons (Fsp3) is 0.500. The number of hydrogen-bond acceptors (Lipinski definition) is 1. The van der Waals surface area contributed by atoms with E-state index in [4.69, 9.17) is 0 Å². The molecule has 1 N–H and O–H groups in total. The maximum Gasteiger partial charge on any atom is 0.227 e. The fourth-order valence-corrected chi connectivity index (χ4v) is 1.93. The number of nitrogens with one attached hydrogen (secondary N) is 1. The predicted molar refractivity (Wildman–Crippen MR) is 66.4 cm³/mol. The van der Waals surface area contributed by atoms with Gasteiger partial charge in [-0.3, -0.25) is 4.79 Å². The van der Waals surface area contributed by atoms with Crippen LogP contribution < -0.4 is 5.32 Å². The van der Waals surface area contributed by atoms with Crippen LogP contribution in [0.4, 0.5) is 5.69 Å². The molecule has 0 aliphatic heterocycles. The fourth-order valence-electron chi connectivity index (χ4n) is 1.93. The monoisotopic (exact) mass is 217 g/mol. The second kappa shape index (κ2) is 4.28. The molecule has 0 saturated heterocycles. The maximum absolute atomic E-state index is 11.9. The summed E-state index contributed by atoms with van der Waals surface area (Å²) in [6.07, 6.45) is 2.42. The first kappa shape index (κ1) is 11.2. The van der Waals surface area contributed by atoms with Crippen LogP contribution in [0.15, 0.2) is 18.2 Å². The zero-order chi connectivity index (χ0) is 11.7. The zero-order valence-corrected chi connectivity index (χ0v) is 10.2. The van der Waals surface area contributed by atoms with E-state index in [9.17, 15) is 4.79 Å². The molecule has 2 nitrogen and oxygen atoms in total. The lowest BCUT2D eigenvalue weighted by Crippen LogP contribution is -2.22. The molecule has 1 amide bonds. The van der Waals surface area contributed by atoms with Crippen molar-refractivity contribution in [2.24, 2.45) is 11.8 Å². The number of amides is 1. The van der Waals surface area contributed by atoms with Crippen molar-refractivity contribution < 1.29 is 4.79 Å². The second-order valence-corrected chi connectivity index (χ2v) is 4.93. The summed E-state index contributed by atoms with van der Waals surface area (Å²) in [7, 11) is 0. The van der Waals surface area contributed by atoms with E-state index in [0.29, 0.717) is 5.92 Å². The van der Waals surface area contributed by atoms with Crippen LogP contribution in [0.3, 0.4) is 0 Å². The van der Waals surface area contributed by atoms with Gasteiger partial charge in [-0.25, -0.2) is 0 Å². The van der Waals surface area contributed by atoms with Crippen LogP contribution in [-0.2, 0) is 4.79 Å². The molecule has 0 spiro atoms. The van der Waals surface area contributed by atoms with E-state index >= 15 is 0 Å². The molecule has 0 aromatic heterocycles. The Bertz CT molecular complexity index is 407. The van der Waals surface area contributed by atoms with Crippen LogP contribution in [0.5, 0.6) is 0 Å². The first-order valence-corrected chi connectivity index (χ1v) is 5.96. The van der Waals surface area contributed by atoms with Gasteiger partial charge in [0, 0.05) is 11.6 Å². The molecule has 1 aromatic rings. The van der Waals surface area contributed by atoms with Gasteiger partial charge in [0.1, 0.15) is 0 Å². The van der Waals surface area contributed by atoms with Crippen molar-refractivity contribution in [2.45, 2.75) is 33.6 Å². The lowest BCUT2D eigenvalue weighted by molar-refractivity contribution is -0.119. The molecule has 1 aliphatic carbocycles. The summed E-state index contributed by atoms with van der Waals surface area (Å²) >= 11 is 0. The van der Waals surface area contributed by atoms with Gasteiger partial charge in [0.05, 0.1) is 0 Å². The van der Waals surface area contributed by atoms with Crippen molar-refractivity contribution in [3.05, 3.63) is 29.3 Å². The molecule has 0 heterocycles. The van der Waals surface area contributed by atoms with Crippen molar-refractivity contribution in [2.75, 3.05) is 5.32 Å². The van der Waals surface area contributed by atoms with Crippen LogP contribution in [0, 0.1) is 25.7 Å². The second-order valence-electron chi connectivity index (χ2n) is 4.93. The molecular formula is C14H19NO. The summed E-state index contributed by atoms with van der Waals surface area (Å²) in [4.78, 5) is 11.9. The Morgan fingerprint density at radius 1 is 1.38 bits per heavy atom. The summed E-state index contributed by atoms with van der Waals surface area (Å²) in [5.41, 5.74) is 3.26. The first-order chi connectivity index (χ1) is 7.58. The number of hydrogen-bond donors (Lipinski definition) is 1. The number of rotatable bonds is 3. The number of aryl methyl sites for hydroxylation is 2. The molecule has 1 saturated carbocycles. The zero-order valence-electron chi connectivity index (χ0n) is 10.2. The minimum Gasteiger partial charge on any atom is -0.326 e. The third-order valence-corrected chi connectivity index (χ3v) is 3.39. The van der Waals surface area contributed by atoms with E-state index < -0.39 is 0 Å². The number of carbonyl (C=O) groups excluding carboxylic acids is 1. The minimum atomic E-state index is 0.153.